The highest BCUT2D eigenvalue weighted by molar-refractivity contribution is 7.99. The zero-order valence-corrected chi connectivity index (χ0v) is 21.0. The molecule has 8 nitrogen and oxygen atoms in total. The second-order valence-corrected chi connectivity index (χ2v) is 10.6. The SMILES string of the molecule is CC(C)CCn1c(COc2ccccc2)nnc1SCC(=O)Nc1sc2c(c1C(N)=O)CCC2. The van der Waals surface area contributed by atoms with Gasteiger partial charge in [0.05, 0.1) is 11.3 Å². The molecule has 0 bridgehead atoms. The largest absolute Gasteiger partial charge is 0.486 e. The van der Waals surface area contributed by atoms with Crippen LogP contribution in [0.1, 0.15) is 53.3 Å². The number of nitrogens with two attached hydrogens (primary N) is 1. The lowest BCUT2D eigenvalue weighted by molar-refractivity contribution is -0.113. The van der Waals surface area contributed by atoms with Gasteiger partial charge in [0.2, 0.25) is 5.91 Å². The maximum Gasteiger partial charge on any atom is 0.251 e. The second kappa shape index (κ2) is 11.1. The number of nitrogens with zero attached hydrogens (tertiary/aromatic N) is 3. The van der Waals surface area contributed by atoms with Crippen LogP contribution < -0.4 is 15.8 Å². The molecule has 2 aromatic heterocycles. The molecule has 0 unspecified atom stereocenters. The van der Waals surface area contributed by atoms with Gasteiger partial charge in [-0.1, -0.05) is 43.8 Å². The molecular weight excluding hydrogens is 470 g/mol. The van der Waals surface area contributed by atoms with Crippen molar-refractivity contribution in [3.8, 4) is 5.75 Å². The molecule has 10 heteroatoms. The molecule has 1 aliphatic carbocycles. The number of carbonyl (C=O) groups is 2. The highest BCUT2D eigenvalue weighted by Crippen LogP contribution is 2.39. The summed E-state index contributed by atoms with van der Waals surface area (Å²) < 4.78 is 7.89. The molecule has 0 saturated carbocycles. The smallest absolute Gasteiger partial charge is 0.251 e. The van der Waals surface area contributed by atoms with Crippen LogP contribution in [-0.4, -0.2) is 32.3 Å². The summed E-state index contributed by atoms with van der Waals surface area (Å²) in [5.74, 6) is 1.46. The number of thiophene rings is 1. The molecule has 0 radical (unpaired) electrons. The Morgan fingerprint density at radius 2 is 2.03 bits per heavy atom. The lowest BCUT2D eigenvalue weighted by Crippen LogP contribution is -2.19. The fourth-order valence-electron chi connectivity index (χ4n) is 3.85. The minimum Gasteiger partial charge on any atom is -0.486 e. The first-order chi connectivity index (χ1) is 16.4. The number of amides is 2. The predicted octanol–water partition coefficient (Wildman–Crippen LogP) is 4.28. The van der Waals surface area contributed by atoms with E-state index in [1.807, 2.05) is 34.9 Å². The third kappa shape index (κ3) is 5.79. The summed E-state index contributed by atoms with van der Waals surface area (Å²) in [6.45, 7) is 5.37. The van der Waals surface area contributed by atoms with E-state index in [-0.39, 0.29) is 11.7 Å². The number of fused-ring (bicyclic) bond motifs is 1. The highest BCUT2D eigenvalue weighted by Gasteiger charge is 2.26. The van der Waals surface area contributed by atoms with Gasteiger partial charge < -0.3 is 20.4 Å². The van der Waals surface area contributed by atoms with Crippen LogP contribution in [0.3, 0.4) is 0 Å². The van der Waals surface area contributed by atoms with Crippen molar-refractivity contribution < 1.29 is 14.3 Å². The van der Waals surface area contributed by atoms with E-state index in [9.17, 15) is 9.59 Å². The predicted molar refractivity (Wildman–Crippen MR) is 134 cm³/mol. The van der Waals surface area contributed by atoms with Gasteiger partial charge in [-0.25, -0.2) is 0 Å². The number of aryl methyl sites for hydroxylation is 1. The Bertz CT molecular complexity index is 1160. The van der Waals surface area contributed by atoms with Gasteiger partial charge in [0.1, 0.15) is 17.4 Å². The molecule has 1 aromatic carbocycles. The first kappa shape index (κ1) is 24.3. The number of aromatic nitrogens is 3. The number of ether oxygens (including phenoxy) is 1. The van der Waals surface area contributed by atoms with Crippen molar-refractivity contribution in [2.45, 2.75) is 57.8 Å². The maximum absolute atomic E-state index is 12.7. The fraction of sp³-hybridized carbons (Fsp3) is 0.417. The van der Waals surface area contributed by atoms with Gasteiger partial charge in [-0.15, -0.1) is 21.5 Å². The van der Waals surface area contributed by atoms with E-state index < -0.39 is 5.91 Å². The molecule has 180 valence electrons. The summed E-state index contributed by atoms with van der Waals surface area (Å²) in [6, 6.07) is 9.58. The van der Waals surface area contributed by atoms with Gasteiger partial charge in [-0.2, -0.15) is 0 Å². The van der Waals surface area contributed by atoms with Crippen molar-refractivity contribution in [3.05, 3.63) is 52.2 Å². The number of carbonyl (C=O) groups excluding carboxylic acids is 2. The van der Waals surface area contributed by atoms with Gasteiger partial charge in [0.25, 0.3) is 5.91 Å². The molecule has 3 aromatic rings. The molecule has 0 aliphatic heterocycles. The van der Waals surface area contributed by atoms with E-state index in [0.717, 1.165) is 54.2 Å². The topological polar surface area (TPSA) is 112 Å². The molecule has 0 atom stereocenters. The number of hydrogen-bond acceptors (Lipinski definition) is 7. The van der Waals surface area contributed by atoms with Crippen molar-refractivity contribution in [1.29, 1.82) is 0 Å². The molecule has 34 heavy (non-hydrogen) atoms. The number of rotatable bonds is 11. The van der Waals surface area contributed by atoms with Crippen LogP contribution >= 0.6 is 23.1 Å². The summed E-state index contributed by atoms with van der Waals surface area (Å²) in [5, 5.41) is 12.8. The standard InChI is InChI=1S/C24H29N5O3S2/c1-15(2)11-12-29-19(13-32-16-7-4-3-5-8-16)27-28-24(29)33-14-20(30)26-23-21(22(25)31)17-9-6-10-18(17)34-23/h3-5,7-8,15H,6,9-14H2,1-2H3,(H2,25,31)(H,26,30). The van der Waals surface area contributed by atoms with E-state index in [1.54, 1.807) is 0 Å². The summed E-state index contributed by atoms with van der Waals surface area (Å²) in [4.78, 5) is 25.9. The zero-order chi connectivity index (χ0) is 24.1. The Hall–Kier alpha value is -2.85. The van der Waals surface area contributed by atoms with Crippen LogP contribution in [0.15, 0.2) is 35.5 Å². The van der Waals surface area contributed by atoms with Gasteiger partial charge in [-0.05, 0) is 49.3 Å². The van der Waals surface area contributed by atoms with E-state index in [4.69, 9.17) is 10.5 Å². The number of para-hydroxylation sites is 1. The van der Waals surface area contributed by atoms with Crippen molar-refractivity contribution in [2.75, 3.05) is 11.1 Å². The second-order valence-electron chi connectivity index (χ2n) is 8.60. The van der Waals surface area contributed by atoms with Gasteiger partial charge in [0, 0.05) is 11.4 Å². The molecule has 0 fully saturated rings. The number of primary amides is 1. The lowest BCUT2D eigenvalue weighted by Gasteiger charge is -2.12. The van der Waals surface area contributed by atoms with Crippen LogP contribution in [0.2, 0.25) is 0 Å². The Morgan fingerprint density at radius 3 is 2.76 bits per heavy atom. The summed E-state index contributed by atoms with van der Waals surface area (Å²) in [7, 11) is 0. The van der Waals surface area contributed by atoms with Crippen molar-refractivity contribution in [2.24, 2.45) is 11.7 Å². The van der Waals surface area contributed by atoms with Gasteiger partial charge in [-0.3, -0.25) is 9.59 Å². The molecule has 1 aliphatic rings. The molecule has 4 rings (SSSR count). The van der Waals surface area contributed by atoms with Crippen LogP contribution in [0, 0.1) is 5.92 Å². The monoisotopic (exact) mass is 499 g/mol. The van der Waals surface area contributed by atoms with E-state index in [1.165, 1.54) is 23.1 Å². The third-order valence-corrected chi connectivity index (χ3v) is 7.76. The Balaban J connectivity index is 1.42. The Kier molecular flexibility index (Phi) is 7.89. The van der Waals surface area contributed by atoms with Gasteiger partial charge >= 0.3 is 0 Å². The van der Waals surface area contributed by atoms with Crippen LogP contribution in [0.25, 0.3) is 0 Å². The van der Waals surface area contributed by atoms with Crippen molar-refractivity contribution in [1.82, 2.24) is 14.8 Å². The molecule has 3 N–H and O–H groups in total. The van der Waals surface area contributed by atoms with Crippen molar-refractivity contribution >= 4 is 39.9 Å². The van der Waals surface area contributed by atoms with Crippen LogP contribution in [-0.2, 0) is 30.8 Å². The van der Waals surface area contributed by atoms with Crippen LogP contribution in [0.5, 0.6) is 5.75 Å². The minimum absolute atomic E-state index is 0.153. The molecular formula is C24H29N5O3S2. The fourth-order valence-corrected chi connectivity index (χ4v) is 5.95. The molecule has 0 spiro atoms. The minimum atomic E-state index is -0.487. The van der Waals surface area contributed by atoms with E-state index in [2.05, 4.69) is 29.4 Å². The summed E-state index contributed by atoms with van der Waals surface area (Å²) >= 11 is 2.78. The van der Waals surface area contributed by atoms with Crippen molar-refractivity contribution in [3.63, 3.8) is 0 Å². The first-order valence-corrected chi connectivity index (χ1v) is 13.2. The number of anilines is 1. The summed E-state index contributed by atoms with van der Waals surface area (Å²) in [6.07, 6.45) is 3.74. The number of benzene rings is 1. The Morgan fingerprint density at radius 1 is 1.24 bits per heavy atom. The molecule has 2 amide bonds. The highest BCUT2D eigenvalue weighted by atomic mass is 32.2. The molecule has 2 heterocycles. The third-order valence-electron chi connectivity index (χ3n) is 5.59. The number of hydrogen-bond donors (Lipinski definition) is 2. The van der Waals surface area contributed by atoms with Gasteiger partial charge in [0.15, 0.2) is 11.0 Å². The maximum atomic E-state index is 12.7. The average molecular weight is 500 g/mol. The number of nitrogens with one attached hydrogen (secondary N) is 1. The quantitative estimate of drug-likeness (QED) is 0.381. The zero-order valence-electron chi connectivity index (χ0n) is 19.4. The lowest BCUT2D eigenvalue weighted by atomic mass is 10.1. The van der Waals surface area contributed by atoms with E-state index in [0.29, 0.717) is 28.2 Å². The number of thioether (sulfide) groups is 1. The normalized spacial score (nSPS) is 12.7. The first-order valence-electron chi connectivity index (χ1n) is 11.4. The summed E-state index contributed by atoms with van der Waals surface area (Å²) in [5.41, 5.74) is 7.07. The average Bonchev–Trinajstić information content (AvgIpc) is 3.49. The Labute approximate surface area is 207 Å². The van der Waals surface area contributed by atoms with Crippen LogP contribution in [0.4, 0.5) is 5.00 Å². The molecule has 0 saturated heterocycles. The van der Waals surface area contributed by atoms with E-state index >= 15 is 0 Å².